The number of piperidine rings is 1. The van der Waals surface area contributed by atoms with Gasteiger partial charge < -0.3 is 5.32 Å². The molecule has 1 heterocycles. The Bertz CT molecular complexity index is 352. The highest BCUT2D eigenvalue weighted by Crippen LogP contribution is 2.31. The quantitative estimate of drug-likeness (QED) is 0.681. The van der Waals surface area contributed by atoms with E-state index in [1.54, 1.807) is 0 Å². The summed E-state index contributed by atoms with van der Waals surface area (Å²) in [5.74, 6) is 0.394. The molecule has 1 N–H and O–H groups in total. The molecule has 1 saturated heterocycles. The molecule has 1 atom stereocenters. The average Bonchev–Trinajstić information content (AvgIpc) is 2.47. The highest BCUT2D eigenvalue weighted by atomic mass is 19.3. The molecule has 0 saturated carbocycles. The normalized spacial score (nSPS) is 21.1. The first-order valence-electron chi connectivity index (χ1n) is 7.91. The fourth-order valence-corrected chi connectivity index (χ4v) is 2.76. The first-order chi connectivity index (χ1) is 9.51. The predicted octanol–water partition coefficient (Wildman–Crippen LogP) is 4.95. The molecule has 0 aromatic heterocycles. The first-order valence-corrected chi connectivity index (χ1v) is 7.91. The van der Waals surface area contributed by atoms with Crippen molar-refractivity contribution in [3.8, 4) is 0 Å². The number of nitrogens with one attached hydrogen (secondary N) is 1. The minimum absolute atomic E-state index is 0.0450. The van der Waals surface area contributed by atoms with Crippen molar-refractivity contribution in [3.05, 3.63) is 22.8 Å². The van der Waals surface area contributed by atoms with E-state index in [2.05, 4.69) is 19.2 Å². The van der Waals surface area contributed by atoms with Gasteiger partial charge in [0.15, 0.2) is 0 Å². The Hall–Kier alpha value is -0.700. The van der Waals surface area contributed by atoms with E-state index in [1.807, 2.05) is 19.9 Å². The van der Waals surface area contributed by atoms with Gasteiger partial charge in [0.1, 0.15) is 0 Å². The van der Waals surface area contributed by atoms with E-state index in [1.165, 1.54) is 11.1 Å². The Balaban J connectivity index is 3.09. The maximum Gasteiger partial charge on any atom is 0.260 e. The van der Waals surface area contributed by atoms with Gasteiger partial charge >= 0.3 is 0 Å². The molecule has 3 heteroatoms. The summed E-state index contributed by atoms with van der Waals surface area (Å²) in [5, 5.41) is 3.35. The van der Waals surface area contributed by atoms with Crippen LogP contribution >= 0.6 is 0 Å². The van der Waals surface area contributed by atoms with E-state index >= 15 is 0 Å². The third-order valence-corrected chi connectivity index (χ3v) is 4.56. The molecule has 0 bridgehead atoms. The van der Waals surface area contributed by atoms with Gasteiger partial charge in [-0.05, 0) is 68.7 Å². The molecular weight excluding hydrogens is 256 g/mol. The molecule has 0 aliphatic carbocycles. The predicted molar refractivity (Wildman–Crippen MR) is 82.1 cm³/mol. The fraction of sp³-hybridized carbons (Fsp3) is 0.765. The second-order valence-corrected chi connectivity index (χ2v) is 5.87. The van der Waals surface area contributed by atoms with Gasteiger partial charge in [-0.15, -0.1) is 0 Å². The summed E-state index contributed by atoms with van der Waals surface area (Å²) in [5.41, 5.74) is 2.75. The molecule has 0 spiro atoms. The Kier molecular flexibility index (Phi) is 7.42. The third-order valence-electron chi connectivity index (χ3n) is 4.56. The van der Waals surface area contributed by atoms with Crippen molar-refractivity contribution in [2.45, 2.75) is 59.8 Å². The van der Waals surface area contributed by atoms with E-state index in [-0.39, 0.29) is 5.92 Å². The molecule has 1 aliphatic rings. The van der Waals surface area contributed by atoms with E-state index in [0.29, 0.717) is 11.5 Å². The topological polar surface area (TPSA) is 12.0 Å². The summed E-state index contributed by atoms with van der Waals surface area (Å²) in [6.07, 6.45) is 3.30. The zero-order chi connectivity index (χ0) is 15.1. The van der Waals surface area contributed by atoms with Crippen LogP contribution in [0.5, 0.6) is 0 Å². The zero-order valence-corrected chi connectivity index (χ0v) is 13.3. The summed E-state index contributed by atoms with van der Waals surface area (Å²) in [7, 11) is 0. The molecule has 0 amide bonds. The lowest BCUT2D eigenvalue weighted by atomic mass is 9.83. The van der Waals surface area contributed by atoms with Crippen LogP contribution < -0.4 is 5.32 Å². The van der Waals surface area contributed by atoms with Gasteiger partial charge in [0, 0.05) is 0 Å². The van der Waals surface area contributed by atoms with Crippen molar-refractivity contribution < 1.29 is 8.78 Å². The fourth-order valence-electron chi connectivity index (χ4n) is 2.76. The maximum atomic E-state index is 13.3. The summed E-state index contributed by atoms with van der Waals surface area (Å²) in [4.78, 5) is 0. The first kappa shape index (κ1) is 17.4. The van der Waals surface area contributed by atoms with Gasteiger partial charge in [-0.25, -0.2) is 8.78 Å². The number of rotatable bonds is 6. The van der Waals surface area contributed by atoms with Crippen LogP contribution in [0, 0.1) is 11.8 Å². The van der Waals surface area contributed by atoms with Gasteiger partial charge in [0.25, 0.3) is 6.43 Å². The largest absolute Gasteiger partial charge is 0.317 e. The lowest BCUT2D eigenvalue weighted by molar-refractivity contribution is 0.175. The van der Waals surface area contributed by atoms with Crippen LogP contribution in [0.3, 0.4) is 0 Å². The summed E-state index contributed by atoms with van der Waals surface area (Å²) < 4.78 is 26.7. The van der Waals surface area contributed by atoms with Crippen LogP contribution in [0.25, 0.3) is 0 Å². The number of alkyl halides is 2. The zero-order valence-electron chi connectivity index (χ0n) is 13.3. The monoisotopic (exact) mass is 285 g/mol. The second kappa shape index (κ2) is 8.56. The van der Waals surface area contributed by atoms with Crippen molar-refractivity contribution in [2.24, 2.45) is 11.8 Å². The van der Waals surface area contributed by atoms with Crippen LogP contribution in [0.1, 0.15) is 53.4 Å². The maximum absolute atomic E-state index is 13.3. The number of hydrogen-bond donors (Lipinski definition) is 1. The van der Waals surface area contributed by atoms with Crippen molar-refractivity contribution in [2.75, 3.05) is 13.1 Å². The highest BCUT2D eigenvalue weighted by molar-refractivity contribution is 5.32. The van der Waals surface area contributed by atoms with Crippen molar-refractivity contribution in [3.63, 3.8) is 0 Å². The Morgan fingerprint density at radius 2 is 1.85 bits per heavy atom. The summed E-state index contributed by atoms with van der Waals surface area (Å²) in [6.45, 7) is 10.1. The van der Waals surface area contributed by atoms with Gasteiger partial charge in [0.05, 0.1) is 0 Å². The molecule has 0 radical (unpaired) electrons. The molecule has 0 aromatic rings. The van der Waals surface area contributed by atoms with E-state index in [4.69, 9.17) is 0 Å². The Labute approximate surface area is 122 Å². The van der Waals surface area contributed by atoms with Gasteiger partial charge in [-0.2, -0.15) is 0 Å². The highest BCUT2D eigenvalue weighted by Gasteiger charge is 2.22. The van der Waals surface area contributed by atoms with Crippen molar-refractivity contribution in [1.82, 2.24) is 5.32 Å². The number of hydrogen-bond acceptors (Lipinski definition) is 1. The molecule has 116 valence electrons. The average molecular weight is 285 g/mol. The lowest BCUT2D eigenvalue weighted by Crippen LogP contribution is -2.29. The minimum atomic E-state index is -2.34. The molecule has 1 aliphatic heterocycles. The van der Waals surface area contributed by atoms with Crippen LogP contribution in [0.4, 0.5) is 8.78 Å². The van der Waals surface area contributed by atoms with Crippen LogP contribution in [0.2, 0.25) is 0 Å². The smallest absolute Gasteiger partial charge is 0.260 e. The standard InChI is InChI=1S/C17H29F2N/c1-5-12(3)15(14-7-9-20-10-8-14)11-16(17(18)19)13(4)6-2/h11,13-14,17,20H,5-10H2,1-4H3/b15-12?,16-11+. The van der Waals surface area contributed by atoms with Crippen molar-refractivity contribution in [1.29, 1.82) is 0 Å². The van der Waals surface area contributed by atoms with Gasteiger partial charge in [-0.1, -0.05) is 32.4 Å². The molecular formula is C17H29F2N. The number of allylic oxidation sites excluding steroid dienone is 4. The van der Waals surface area contributed by atoms with Crippen molar-refractivity contribution >= 4 is 0 Å². The molecule has 20 heavy (non-hydrogen) atoms. The Morgan fingerprint density at radius 3 is 2.30 bits per heavy atom. The molecule has 1 unspecified atom stereocenters. The number of halogens is 2. The van der Waals surface area contributed by atoms with Crippen LogP contribution in [-0.2, 0) is 0 Å². The Morgan fingerprint density at radius 1 is 1.25 bits per heavy atom. The summed E-state index contributed by atoms with van der Waals surface area (Å²) in [6, 6.07) is 0. The molecule has 1 fully saturated rings. The lowest BCUT2D eigenvalue weighted by Gasteiger charge is -2.27. The van der Waals surface area contributed by atoms with E-state index < -0.39 is 6.43 Å². The molecule has 1 rings (SSSR count). The minimum Gasteiger partial charge on any atom is -0.317 e. The SMILES string of the molecule is CCC(C)=C(/C=C(/C(F)F)C(C)CC)C1CCNCC1. The second-order valence-electron chi connectivity index (χ2n) is 5.87. The third kappa shape index (κ3) is 4.69. The van der Waals surface area contributed by atoms with E-state index in [0.717, 1.165) is 38.8 Å². The van der Waals surface area contributed by atoms with Gasteiger partial charge in [0.2, 0.25) is 0 Å². The van der Waals surface area contributed by atoms with Crippen LogP contribution in [0.15, 0.2) is 22.8 Å². The van der Waals surface area contributed by atoms with E-state index in [9.17, 15) is 8.78 Å². The van der Waals surface area contributed by atoms with Gasteiger partial charge in [-0.3, -0.25) is 0 Å². The molecule has 1 nitrogen and oxygen atoms in total. The molecule has 0 aromatic carbocycles. The summed E-state index contributed by atoms with van der Waals surface area (Å²) >= 11 is 0. The van der Waals surface area contributed by atoms with Crippen LogP contribution in [-0.4, -0.2) is 19.5 Å².